The molecule has 0 spiro atoms. The Labute approximate surface area is 103 Å². The Hall–Kier alpha value is -0.410. The summed E-state index contributed by atoms with van der Waals surface area (Å²) in [6.45, 7) is 8.48. The molecule has 0 aromatic carbocycles. The normalized spacial score (nSPS) is 15.1. The van der Waals surface area contributed by atoms with E-state index in [1.165, 1.54) is 12.0 Å². The minimum absolute atomic E-state index is 0.370. The Morgan fingerprint density at radius 1 is 1.44 bits per heavy atom. The third-order valence-corrected chi connectivity index (χ3v) is 3.63. The summed E-state index contributed by atoms with van der Waals surface area (Å²) < 4.78 is 5.57. The topological polar surface area (TPSA) is 25.2 Å². The van der Waals surface area contributed by atoms with Crippen LogP contribution >= 0.6 is 11.8 Å². The van der Waals surface area contributed by atoms with Crippen molar-refractivity contribution in [2.75, 3.05) is 12.0 Å². The number of hydrogen-bond acceptors (Lipinski definition) is 3. The monoisotopic (exact) mass is 241 g/mol. The molecule has 0 bridgehead atoms. The van der Waals surface area contributed by atoms with Crippen molar-refractivity contribution in [2.45, 2.75) is 46.2 Å². The summed E-state index contributed by atoms with van der Waals surface area (Å²) in [5.41, 5.74) is 1.29. The van der Waals surface area contributed by atoms with Crippen LogP contribution in [0.3, 0.4) is 0 Å². The van der Waals surface area contributed by atoms with Crippen LogP contribution in [0, 0.1) is 13.8 Å². The van der Waals surface area contributed by atoms with Crippen LogP contribution < -0.4 is 5.32 Å². The van der Waals surface area contributed by atoms with Crippen LogP contribution in [0.1, 0.15) is 43.4 Å². The van der Waals surface area contributed by atoms with Gasteiger partial charge in [-0.2, -0.15) is 11.8 Å². The van der Waals surface area contributed by atoms with Crippen LogP contribution in [0.25, 0.3) is 0 Å². The van der Waals surface area contributed by atoms with Crippen LogP contribution in [-0.4, -0.2) is 18.1 Å². The molecule has 2 atom stereocenters. The molecular weight excluding hydrogens is 218 g/mol. The zero-order valence-corrected chi connectivity index (χ0v) is 11.8. The van der Waals surface area contributed by atoms with Gasteiger partial charge in [-0.3, -0.25) is 0 Å². The molecule has 1 rings (SSSR count). The van der Waals surface area contributed by atoms with E-state index in [0.29, 0.717) is 12.1 Å². The summed E-state index contributed by atoms with van der Waals surface area (Å²) in [6.07, 6.45) is 3.32. The molecule has 0 fully saturated rings. The van der Waals surface area contributed by atoms with Crippen molar-refractivity contribution in [3.05, 3.63) is 23.2 Å². The lowest BCUT2D eigenvalue weighted by molar-refractivity contribution is 0.458. The lowest BCUT2D eigenvalue weighted by atomic mass is 10.1. The molecule has 92 valence electrons. The van der Waals surface area contributed by atoms with Crippen LogP contribution in [0.5, 0.6) is 0 Å². The van der Waals surface area contributed by atoms with E-state index in [1.54, 1.807) is 0 Å². The van der Waals surface area contributed by atoms with Gasteiger partial charge in [0.1, 0.15) is 11.5 Å². The molecule has 0 aliphatic heterocycles. The van der Waals surface area contributed by atoms with Gasteiger partial charge in [0.05, 0.1) is 0 Å². The highest BCUT2D eigenvalue weighted by Gasteiger charge is 2.15. The molecule has 1 N–H and O–H groups in total. The van der Waals surface area contributed by atoms with E-state index in [1.807, 2.05) is 25.6 Å². The van der Waals surface area contributed by atoms with E-state index in [0.717, 1.165) is 17.3 Å². The average Bonchev–Trinajstić information content (AvgIpc) is 2.57. The van der Waals surface area contributed by atoms with Crippen molar-refractivity contribution in [1.29, 1.82) is 0 Å². The maximum absolute atomic E-state index is 5.57. The smallest absolute Gasteiger partial charge is 0.105 e. The van der Waals surface area contributed by atoms with Crippen LogP contribution in [-0.2, 0) is 0 Å². The van der Waals surface area contributed by atoms with Crippen LogP contribution in [0.2, 0.25) is 0 Å². The van der Waals surface area contributed by atoms with Gasteiger partial charge in [-0.1, -0.05) is 6.92 Å². The van der Waals surface area contributed by atoms with Crippen molar-refractivity contribution >= 4 is 11.8 Å². The van der Waals surface area contributed by atoms with Gasteiger partial charge in [0.15, 0.2) is 0 Å². The Balaban J connectivity index is 2.63. The van der Waals surface area contributed by atoms with Crippen molar-refractivity contribution in [3.63, 3.8) is 0 Å². The minimum Gasteiger partial charge on any atom is -0.466 e. The Morgan fingerprint density at radius 2 is 2.12 bits per heavy atom. The van der Waals surface area contributed by atoms with Crippen molar-refractivity contribution in [3.8, 4) is 0 Å². The highest BCUT2D eigenvalue weighted by molar-refractivity contribution is 7.98. The Bertz CT molecular complexity index is 322. The second kappa shape index (κ2) is 6.36. The van der Waals surface area contributed by atoms with E-state index in [-0.39, 0.29) is 0 Å². The first kappa shape index (κ1) is 13.7. The molecule has 16 heavy (non-hydrogen) atoms. The third-order valence-electron chi connectivity index (χ3n) is 2.89. The Morgan fingerprint density at radius 3 is 2.56 bits per heavy atom. The summed E-state index contributed by atoms with van der Waals surface area (Å²) >= 11 is 1.89. The third kappa shape index (κ3) is 3.56. The summed E-state index contributed by atoms with van der Waals surface area (Å²) in [5.74, 6) is 3.20. The summed E-state index contributed by atoms with van der Waals surface area (Å²) in [6, 6.07) is 3.09. The molecule has 2 nitrogen and oxygen atoms in total. The summed E-state index contributed by atoms with van der Waals surface area (Å²) in [7, 11) is 0. The van der Waals surface area contributed by atoms with E-state index in [9.17, 15) is 0 Å². The predicted molar refractivity (Wildman–Crippen MR) is 72.2 cm³/mol. The molecule has 0 aliphatic carbocycles. The van der Waals surface area contributed by atoms with Crippen molar-refractivity contribution in [1.82, 2.24) is 5.32 Å². The number of nitrogens with one attached hydrogen (secondary N) is 1. The first-order chi connectivity index (χ1) is 7.58. The highest BCUT2D eigenvalue weighted by Crippen LogP contribution is 2.22. The van der Waals surface area contributed by atoms with Gasteiger partial charge in [0.2, 0.25) is 0 Å². The zero-order valence-electron chi connectivity index (χ0n) is 11.0. The minimum atomic E-state index is 0.370. The number of rotatable bonds is 6. The fourth-order valence-electron chi connectivity index (χ4n) is 2.01. The first-order valence-corrected chi connectivity index (χ1v) is 7.29. The molecule has 0 aliphatic rings. The van der Waals surface area contributed by atoms with Gasteiger partial charge < -0.3 is 9.73 Å². The SMILES string of the molecule is CCC(CSC)NC(C)c1cc(C)oc1C. The van der Waals surface area contributed by atoms with Gasteiger partial charge in [0, 0.05) is 23.4 Å². The molecule has 0 amide bonds. The van der Waals surface area contributed by atoms with E-state index in [4.69, 9.17) is 4.42 Å². The molecule has 0 saturated carbocycles. The van der Waals surface area contributed by atoms with E-state index >= 15 is 0 Å². The first-order valence-electron chi connectivity index (χ1n) is 5.90. The average molecular weight is 241 g/mol. The molecule has 0 radical (unpaired) electrons. The second-order valence-electron chi connectivity index (χ2n) is 4.32. The van der Waals surface area contributed by atoms with E-state index in [2.05, 4.69) is 31.5 Å². The number of hydrogen-bond donors (Lipinski definition) is 1. The number of thioether (sulfide) groups is 1. The van der Waals surface area contributed by atoms with Crippen LogP contribution in [0.4, 0.5) is 0 Å². The van der Waals surface area contributed by atoms with E-state index < -0.39 is 0 Å². The molecular formula is C13H23NOS. The largest absolute Gasteiger partial charge is 0.466 e. The quantitative estimate of drug-likeness (QED) is 0.822. The van der Waals surface area contributed by atoms with Crippen molar-refractivity contribution < 1.29 is 4.42 Å². The predicted octanol–water partition coefficient (Wildman–Crippen LogP) is 3.69. The second-order valence-corrected chi connectivity index (χ2v) is 5.23. The van der Waals surface area contributed by atoms with Gasteiger partial charge in [-0.25, -0.2) is 0 Å². The van der Waals surface area contributed by atoms with Gasteiger partial charge in [0.25, 0.3) is 0 Å². The van der Waals surface area contributed by atoms with Gasteiger partial charge >= 0.3 is 0 Å². The molecule has 0 saturated heterocycles. The standard InChI is InChI=1S/C13H23NOS/c1-6-12(8-16-5)14-10(3)13-7-9(2)15-11(13)4/h7,10,12,14H,6,8H2,1-5H3. The van der Waals surface area contributed by atoms with Crippen LogP contribution in [0.15, 0.2) is 10.5 Å². The lowest BCUT2D eigenvalue weighted by Crippen LogP contribution is -2.33. The molecule has 2 unspecified atom stereocenters. The van der Waals surface area contributed by atoms with Gasteiger partial charge in [-0.15, -0.1) is 0 Å². The maximum atomic E-state index is 5.57. The molecule has 1 aromatic heterocycles. The highest BCUT2D eigenvalue weighted by atomic mass is 32.2. The summed E-state index contributed by atoms with van der Waals surface area (Å²) in [4.78, 5) is 0. The molecule has 1 heterocycles. The molecule has 1 aromatic rings. The number of aryl methyl sites for hydroxylation is 2. The van der Waals surface area contributed by atoms with Gasteiger partial charge in [-0.05, 0) is 39.5 Å². The lowest BCUT2D eigenvalue weighted by Gasteiger charge is -2.21. The summed E-state index contributed by atoms with van der Waals surface area (Å²) in [5, 5.41) is 3.66. The Kier molecular flexibility index (Phi) is 5.42. The molecule has 3 heteroatoms. The maximum Gasteiger partial charge on any atom is 0.105 e. The van der Waals surface area contributed by atoms with Crippen molar-refractivity contribution in [2.24, 2.45) is 0 Å². The fourth-order valence-corrected chi connectivity index (χ4v) is 2.74. The zero-order chi connectivity index (χ0) is 12.1. The number of furan rings is 1. The fraction of sp³-hybridized carbons (Fsp3) is 0.692.